The number of nitrogens with zero attached hydrogens (tertiary/aromatic N) is 4. The molecule has 0 N–H and O–H groups in total. The third-order valence-corrected chi connectivity index (χ3v) is 6.12. The Labute approximate surface area is 193 Å². The van der Waals surface area contributed by atoms with E-state index in [1.165, 1.54) is 12.0 Å². The highest BCUT2D eigenvalue weighted by molar-refractivity contribution is 6.45. The van der Waals surface area contributed by atoms with Gasteiger partial charge in [0.25, 0.3) is 11.8 Å². The highest BCUT2D eigenvalue weighted by atomic mass is 16.5. The van der Waals surface area contributed by atoms with Crippen LogP contribution in [0.15, 0.2) is 48.2 Å². The number of hydrogen-bond acceptors (Lipinski definition) is 7. The Kier molecular flexibility index (Phi) is 6.33. The van der Waals surface area contributed by atoms with Gasteiger partial charge in [-0.1, -0.05) is 13.0 Å². The highest BCUT2D eigenvalue weighted by Gasteiger charge is 2.43. The van der Waals surface area contributed by atoms with E-state index in [1.807, 2.05) is 4.90 Å². The monoisotopic (exact) mass is 446 g/mol. The zero-order valence-electron chi connectivity index (χ0n) is 19.0. The van der Waals surface area contributed by atoms with Crippen molar-refractivity contribution >= 4 is 23.1 Å². The molecule has 0 atom stereocenters. The van der Waals surface area contributed by atoms with Crippen LogP contribution in [-0.2, 0) is 9.59 Å². The van der Waals surface area contributed by atoms with Crippen molar-refractivity contribution in [2.75, 3.05) is 51.8 Å². The van der Waals surface area contributed by atoms with Crippen molar-refractivity contribution in [1.29, 1.82) is 5.26 Å². The maximum atomic E-state index is 13.7. The maximum absolute atomic E-state index is 13.7. The van der Waals surface area contributed by atoms with Gasteiger partial charge in [-0.15, -0.1) is 0 Å². The Morgan fingerprint density at radius 3 is 2.15 bits per heavy atom. The van der Waals surface area contributed by atoms with Crippen LogP contribution in [0.4, 0.5) is 5.69 Å². The Morgan fingerprint density at radius 2 is 1.58 bits per heavy atom. The predicted octanol–water partition coefficient (Wildman–Crippen LogP) is 2.50. The lowest BCUT2D eigenvalue weighted by Gasteiger charge is -2.36. The summed E-state index contributed by atoms with van der Waals surface area (Å²) in [5.41, 5.74) is 2.23. The van der Waals surface area contributed by atoms with E-state index in [0.717, 1.165) is 19.6 Å². The molecule has 33 heavy (non-hydrogen) atoms. The number of piperazine rings is 1. The number of likely N-dealkylation sites (N-methyl/N-ethyl adjacent to an activating group) is 1. The molecule has 2 aliphatic rings. The van der Waals surface area contributed by atoms with Crippen LogP contribution in [-0.4, -0.2) is 68.6 Å². The molecule has 2 amide bonds. The first-order chi connectivity index (χ1) is 16.0. The van der Waals surface area contributed by atoms with E-state index in [9.17, 15) is 9.59 Å². The summed E-state index contributed by atoms with van der Waals surface area (Å²) in [6.07, 6.45) is 0. The van der Waals surface area contributed by atoms with E-state index in [2.05, 4.69) is 17.9 Å². The summed E-state index contributed by atoms with van der Waals surface area (Å²) in [5, 5.41) is 9.10. The molecule has 1 fully saturated rings. The van der Waals surface area contributed by atoms with Gasteiger partial charge in [0.2, 0.25) is 0 Å². The average molecular weight is 447 g/mol. The van der Waals surface area contributed by atoms with E-state index in [-0.39, 0.29) is 5.91 Å². The van der Waals surface area contributed by atoms with Gasteiger partial charge in [0, 0.05) is 26.2 Å². The smallest absolute Gasteiger partial charge is 0.282 e. The third-order valence-electron chi connectivity index (χ3n) is 6.12. The molecular formula is C25H26N4O4. The molecule has 0 radical (unpaired) electrons. The van der Waals surface area contributed by atoms with Gasteiger partial charge in [0.05, 0.1) is 37.1 Å². The van der Waals surface area contributed by atoms with E-state index >= 15 is 0 Å². The molecule has 170 valence electrons. The normalized spacial score (nSPS) is 16.9. The second-order valence-corrected chi connectivity index (χ2v) is 7.82. The van der Waals surface area contributed by atoms with Gasteiger partial charge in [-0.05, 0) is 48.5 Å². The molecule has 4 rings (SSSR count). The molecule has 2 heterocycles. The highest BCUT2D eigenvalue weighted by Crippen LogP contribution is 2.38. The van der Waals surface area contributed by atoms with Crippen LogP contribution in [0.5, 0.6) is 11.5 Å². The number of hydrogen-bond donors (Lipinski definition) is 0. The number of imide groups is 1. The van der Waals surface area contributed by atoms with Crippen molar-refractivity contribution in [2.45, 2.75) is 6.92 Å². The molecule has 8 nitrogen and oxygen atoms in total. The molecule has 0 aromatic heterocycles. The van der Waals surface area contributed by atoms with Gasteiger partial charge in [-0.3, -0.25) is 9.59 Å². The van der Waals surface area contributed by atoms with Crippen LogP contribution >= 0.6 is 0 Å². The lowest BCUT2D eigenvalue weighted by Crippen LogP contribution is -2.47. The van der Waals surface area contributed by atoms with Gasteiger partial charge in [0.15, 0.2) is 11.5 Å². The van der Waals surface area contributed by atoms with Crippen molar-refractivity contribution < 1.29 is 19.1 Å². The standard InChI is InChI=1S/C25H26N4O4/c1-4-27-11-13-28(14-12-27)23-22(18-7-10-20(32-2)21(15-18)33-3)24(30)29(25(23)31)19-8-5-17(16-26)6-9-19/h5-10,15H,4,11-14H2,1-3H3. The van der Waals surface area contributed by atoms with Crippen molar-refractivity contribution in [3.05, 3.63) is 59.3 Å². The summed E-state index contributed by atoms with van der Waals surface area (Å²) in [6.45, 7) is 6.00. The molecule has 8 heteroatoms. The van der Waals surface area contributed by atoms with Crippen LogP contribution in [0.1, 0.15) is 18.1 Å². The Hall–Kier alpha value is -3.83. The van der Waals surface area contributed by atoms with Crippen molar-refractivity contribution in [1.82, 2.24) is 9.80 Å². The van der Waals surface area contributed by atoms with Gasteiger partial charge < -0.3 is 19.3 Å². The lowest BCUT2D eigenvalue weighted by molar-refractivity contribution is -0.120. The Bertz CT molecular complexity index is 1140. The first-order valence-corrected chi connectivity index (χ1v) is 10.8. The molecule has 0 spiro atoms. The Balaban J connectivity index is 1.80. The lowest BCUT2D eigenvalue weighted by atomic mass is 10.0. The minimum atomic E-state index is -0.398. The van der Waals surface area contributed by atoms with Gasteiger partial charge in [0.1, 0.15) is 5.70 Å². The quantitative estimate of drug-likeness (QED) is 0.630. The summed E-state index contributed by atoms with van der Waals surface area (Å²) in [7, 11) is 3.08. The van der Waals surface area contributed by atoms with E-state index in [1.54, 1.807) is 49.6 Å². The number of carbonyl (C=O) groups is 2. The van der Waals surface area contributed by atoms with E-state index in [0.29, 0.717) is 52.7 Å². The number of carbonyl (C=O) groups excluding carboxylic acids is 2. The summed E-state index contributed by atoms with van der Waals surface area (Å²) in [4.78, 5) is 32.8. The molecule has 0 aliphatic carbocycles. The zero-order chi connectivity index (χ0) is 23.5. The van der Waals surface area contributed by atoms with Gasteiger partial charge >= 0.3 is 0 Å². The second kappa shape index (κ2) is 9.35. The molecule has 0 unspecified atom stereocenters. The summed E-state index contributed by atoms with van der Waals surface area (Å²) in [6, 6.07) is 13.7. The van der Waals surface area contributed by atoms with Crippen LogP contribution in [0.25, 0.3) is 5.57 Å². The molecule has 2 aromatic carbocycles. The number of benzene rings is 2. The number of rotatable bonds is 6. The minimum Gasteiger partial charge on any atom is -0.493 e. The van der Waals surface area contributed by atoms with Crippen LogP contribution < -0.4 is 14.4 Å². The van der Waals surface area contributed by atoms with Crippen molar-refractivity contribution in [2.24, 2.45) is 0 Å². The number of nitriles is 1. The number of ether oxygens (including phenoxy) is 2. The van der Waals surface area contributed by atoms with Crippen molar-refractivity contribution in [3.63, 3.8) is 0 Å². The topological polar surface area (TPSA) is 86.1 Å². The molecule has 2 aromatic rings. The summed E-state index contributed by atoms with van der Waals surface area (Å²) >= 11 is 0. The first-order valence-electron chi connectivity index (χ1n) is 10.8. The number of anilines is 1. The zero-order valence-corrected chi connectivity index (χ0v) is 19.0. The minimum absolute atomic E-state index is 0.343. The van der Waals surface area contributed by atoms with E-state index < -0.39 is 5.91 Å². The second-order valence-electron chi connectivity index (χ2n) is 7.82. The fraction of sp³-hybridized carbons (Fsp3) is 0.320. The third kappa shape index (κ3) is 4.03. The average Bonchev–Trinajstić information content (AvgIpc) is 3.13. The fourth-order valence-corrected chi connectivity index (χ4v) is 4.27. The summed E-state index contributed by atoms with van der Waals surface area (Å²) < 4.78 is 10.8. The largest absolute Gasteiger partial charge is 0.493 e. The Morgan fingerprint density at radius 1 is 0.909 bits per heavy atom. The summed E-state index contributed by atoms with van der Waals surface area (Å²) in [5.74, 6) is 0.264. The maximum Gasteiger partial charge on any atom is 0.282 e. The van der Waals surface area contributed by atoms with Gasteiger partial charge in [-0.2, -0.15) is 5.26 Å². The molecule has 2 aliphatic heterocycles. The molecule has 0 saturated carbocycles. The van der Waals surface area contributed by atoms with Crippen LogP contribution in [0, 0.1) is 11.3 Å². The number of methoxy groups -OCH3 is 2. The molecular weight excluding hydrogens is 420 g/mol. The van der Waals surface area contributed by atoms with Crippen LogP contribution in [0.3, 0.4) is 0 Å². The van der Waals surface area contributed by atoms with E-state index in [4.69, 9.17) is 14.7 Å². The molecule has 1 saturated heterocycles. The number of amides is 2. The van der Waals surface area contributed by atoms with Crippen molar-refractivity contribution in [3.8, 4) is 17.6 Å². The first kappa shape index (κ1) is 22.4. The molecule has 0 bridgehead atoms. The predicted molar refractivity (Wildman–Crippen MR) is 124 cm³/mol. The SMILES string of the molecule is CCN1CCN(C2=C(c3ccc(OC)c(OC)c3)C(=O)N(c3ccc(C#N)cc3)C2=O)CC1. The van der Waals surface area contributed by atoms with Crippen LogP contribution in [0.2, 0.25) is 0 Å². The van der Waals surface area contributed by atoms with Gasteiger partial charge in [-0.25, -0.2) is 4.90 Å². The fourth-order valence-electron chi connectivity index (χ4n) is 4.27.